The van der Waals surface area contributed by atoms with Gasteiger partial charge in [0.05, 0.1) is 44.7 Å². The average molecular weight is 299 g/mol. The first-order chi connectivity index (χ1) is 10.4. The standard InChI is InChI=1S/C15H24O4.CH5N/c1-2-12(16-8-15-9-19-15)4-11(5-14-7-18-14)10(1)3-13-6-17-13;1-2/h10-15H,1-9H2;2H2,1H3. The zero-order chi connectivity index (χ0) is 14.7. The Morgan fingerprint density at radius 2 is 1.43 bits per heavy atom. The van der Waals surface area contributed by atoms with Crippen LogP contribution < -0.4 is 5.73 Å². The van der Waals surface area contributed by atoms with Crippen LogP contribution in [-0.4, -0.2) is 57.9 Å². The van der Waals surface area contributed by atoms with Gasteiger partial charge >= 0.3 is 0 Å². The summed E-state index contributed by atoms with van der Waals surface area (Å²) in [4.78, 5) is 0. The molecule has 122 valence electrons. The molecule has 3 aliphatic heterocycles. The lowest BCUT2D eigenvalue weighted by Gasteiger charge is -2.36. The van der Waals surface area contributed by atoms with E-state index in [-0.39, 0.29) is 0 Å². The molecule has 1 saturated carbocycles. The molecule has 0 aromatic rings. The monoisotopic (exact) mass is 299 g/mol. The highest BCUT2D eigenvalue weighted by atomic mass is 16.6. The van der Waals surface area contributed by atoms with Gasteiger partial charge in [-0.3, -0.25) is 0 Å². The summed E-state index contributed by atoms with van der Waals surface area (Å²) in [6.45, 7) is 3.66. The van der Waals surface area contributed by atoms with Crippen molar-refractivity contribution in [3.05, 3.63) is 0 Å². The van der Waals surface area contributed by atoms with Crippen LogP contribution in [0.1, 0.15) is 32.1 Å². The van der Waals surface area contributed by atoms with Crippen molar-refractivity contribution in [2.24, 2.45) is 17.6 Å². The van der Waals surface area contributed by atoms with Gasteiger partial charge in [0.15, 0.2) is 0 Å². The molecule has 0 amide bonds. The van der Waals surface area contributed by atoms with E-state index in [1.807, 2.05) is 0 Å². The van der Waals surface area contributed by atoms with Crippen molar-refractivity contribution in [1.82, 2.24) is 0 Å². The lowest BCUT2D eigenvalue weighted by molar-refractivity contribution is -0.0146. The molecule has 0 aromatic carbocycles. The zero-order valence-corrected chi connectivity index (χ0v) is 13.0. The maximum Gasteiger partial charge on any atom is 0.104 e. The van der Waals surface area contributed by atoms with E-state index in [1.54, 1.807) is 0 Å². The molecule has 0 spiro atoms. The van der Waals surface area contributed by atoms with Gasteiger partial charge in [-0.2, -0.15) is 0 Å². The second kappa shape index (κ2) is 7.38. The molecule has 6 unspecified atom stereocenters. The summed E-state index contributed by atoms with van der Waals surface area (Å²) in [5, 5.41) is 0. The largest absolute Gasteiger partial charge is 0.375 e. The molecular weight excluding hydrogens is 270 g/mol. The van der Waals surface area contributed by atoms with E-state index in [0.717, 1.165) is 38.3 Å². The average Bonchev–Trinajstić information content (AvgIpc) is 3.37. The van der Waals surface area contributed by atoms with Gasteiger partial charge in [0.1, 0.15) is 6.10 Å². The van der Waals surface area contributed by atoms with Crippen LogP contribution in [0.3, 0.4) is 0 Å². The maximum absolute atomic E-state index is 6.01. The summed E-state index contributed by atoms with van der Waals surface area (Å²) in [5.41, 5.74) is 4.50. The van der Waals surface area contributed by atoms with E-state index in [2.05, 4.69) is 5.73 Å². The van der Waals surface area contributed by atoms with Gasteiger partial charge in [-0.1, -0.05) is 0 Å². The minimum atomic E-state index is 0.391. The van der Waals surface area contributed by atoms with Crippen molar-refractivity contribution < 1.29 is 18.9 Å². The molecule has 6 atom stereocenters. The summed E-state index contributed by atoms with van der Waals surface area (Å²) < 4.78 is 22.1. The Morgan fingerprint density at radius 1 is 0.857 bits per heavy atom. The van der Waals surface area contributed by atoms with Crippen molar-refractivity contribution in [2.75, 3.05) is 33.5 Å². The van der Waals surface area contributed by atoms with Gasteiger partial charge in [-0.05, 0) is 51.0 Å². The topological polar surface area (TPSA) is 72.8 Å². The predicted octanol–water partition coefficient (Wildman–Crippen LogP) is 1.34. The molecule has 21 heavy (non-hydrogen) atoms. The minimum Gasteiger partial charge on any atom is -0.375 e. The van der Waals surface area contributed by atoms with E-state index < -0.39 is 0 Å². The molecule has 3 saturated heterocycles. The fraction of sp³-hybridized carbons (Fsp3) is 1.00. The van der Waals surface area contributed by atoms with Crippen LogP contribution in [0.4, 0.5) is 0 Å². The molecule has 3 heterocycles. The van der Waals surface area contributed by atoms with Crippen LogP contribution in [-0.2, 0) is 18.9 Å². The van der Waals surface area contributed by atoms with Crippen molar-refractivity contribution in [3.63, 3.8) is 0 Å². The van der Waals surface area contributed by atoms with E-state index in [9.17, 15) is 0 Å². The van der Waals surface area contributed by atoms with Gasteiger partial charge in [-0.15, -0.1) is 0 Å². The van der Waals surface area contributed by atoms with Gasteiger partial charge < -0.3 is 24.7 Å². The molecule has 5 nitrogen and oxygen atoms in total. The first-order valence-corrected chi connectivity index (χ1v) is 8.41. The Balaban J connectivity index is 0.000000636. The molecule has 0 bridgehead atoms. The minimum absolute atomic E-state index is 0.391. The second-order valence-electron chi connectivity index (χ2n) is 6.63. The van der Waals surface area contributed by atoms with E-state index in [0.29, 0.717) is 24.4 Å². The Kier molecular flexibility index (Phi) is 5.51. The van der Waals surface area contributed by atoms with Crippen LogP contribution >= 0.6 is 0 Å². The Morgan fingerprint density at radius 3 is 2.00 bits per heavy atom. The number of epoxide rings is 3. The number of hydrogen-bond acceptors (Lipinski definition) is 5. The molecule has 4 fully saturated rings. The molecule has 0 radical (unpaired) electrons. The van der Waals surface area contributed by atoms with E-state index in [4.69, 9.17) is 18.9 Å². The van der Waals surface area contributed by atoms with Crippen molar-refractivity contribution in [2.45, 2.75) is 56.5 Å². The summed E-state index contributed by atoms with van der Waals surface area (Å²) in [7, 11) is 1.50. The normalized spacial score (nSPS) is 43.7. The zero-order valence-electron chi connectivity index (χ0n) is 13.0. The number of ether oxygens (including phenoxy) is 4. The van der Waals surface area contributed by atoms with Crippen molar-refractivity contribution in [3.8, 4) is 0 Å². The lowest BCUT2D eigenvalue weighted by Crippen LogP contribution is -2.32. The van der Waals surface area contributed by atoms with Crippen LogP contribution in [0.2, 0.25) is 0 Å². The summed E-state index contributed by atoms with van der Waals surface area (Å²) in [6.07, 6.45) is 8.16. The Labute approximate surface area is 127 Å². The second-order valence-corrected chi connectivity index (χ2v) is 6.63. The summed E-state index contributed by atoms with van der Waals surface area (Å²) in [5.74, 6) is 1.60. The van der Waals surface area contributed by atoms with Crippen molar-refractivity contribution >= 4 is 0 Å². The highest BCUT2D eigenvalue weighted by Gasteiger charge is 2.39. The third-order valence-electron chi connectivity index (χ3n) is 4.95. The maximum atomic E-state index is 6.01. The third kappa shape index (κ3) is 5.18. The van der Waals surface area contributed by atoms with Gasteiger partial charge in [0.2, 0.25) is 0 Å². The van der Waals surface area contributed by atoms with Crippen LogP contribution in [0.25, 0.3) is 0 Å². The van der Waals surface area contributed by atoms with Gasteiger partial charge in [0.25, 0.3) is 0 Å². The summed E-state index contributed by atoms with van der Waals surface area (Å²) in [6, 6.07) is 0. The van der Waals surface area contributed by atoms with Gasteiger partial charge in [-0.25, -0.2) is 0 Å². The van der Waals surface area contributed by atoms with Crippen LogP contribution in [0.5, 0.6) is 0 Å². The highest BCUT2D eigenvalue weighted by Crippen LogP contribution is 2.41. The van der Waals surface area contributed by atoms with Crippen LogP contribution in [0.15, 0.2) is 0 Å². The molecular formula is C16H29NO4. The first-order valence-electron chi connectivity index (χ1n) is 8.41. The fourth-order valence-electron chi connectivity index (χ4n) is 3.53. The molecule has 1 aliphatic carbocycles. The lowest BCUT2D eigenvalue weighted by atomic mass is 9.73. The number of hydrogen-bond donors (Lipinski definition) is 1. The van der Waals surface area contributed by atoms with E-state index >= 15 is 0 Å². The molecule has 4 aliphatic rings. The fourth-order valence-corrected chi connectivity index (χ4v) is 3.53. The molecule has 5 heteroatoms. The first kappa shape index (κ1) is 15.7. The van der Waals surface area contributed by atoms with E-state index in [1.165, 1.54) is 39.2 Å². The molecule has 4 rings (SSSR count). The third-order valence-corrected chi connectivity index (χ3v) is 4.95. The predicted molar refractivity (Wildman–Crippen MR) is 79.1 cm³/mol. The highest BCUT2D eigenvalue weighted by molar-refractivity contribution is 4.88. The number of nitrogens with two attached hydrogens (primary N) is 1. The van der Waals surface area contributed by atoms with Crippen LogP contribution in [0, 0.1) is 11.8 Å². The SMILES string of the molecule is C1CC(CC2CO2)C(CC2CO2)CC1OCC1CO1.CN. The van der Waals surface area contributed by atoms with Gasteiger partial charge in [0, 0.05) is 0 Å². The molecule has 0 aromatic heterocycles. The Bertz CT molecular complexity index is 315. The Hall–Kier alpha value is -0.200. The quantitative estimate of drug-likeness (QED) is 0.718. The summed E-state index contributed by atoms with van der Waals surface area (Å²) >= 11 is 0. The molecule has 2 N–H and O–H groups in total. The number of rotatable bonds is 7. The smallest absolute Gasteiger partial charge is 0.104 e. The van der Waals surface area contributed by atoms with Crippen molar-refractivity contribution in [1.29, 1.82) is 0 Å².